The van der Waals surface area contributed by atoms with Gasteiger partial charge < -0.3 is 14.2 Å². The minimum atomic E-state index is -1.02. The van der Waals surface area contributed by atoms with Crippen LogP contribution in [0.25, 0.3) is 0 Å². The molecule has 6 nitrogen and oxygen atoms in total. The van der Waals surface area contributed by atoms with Crippen LogP contribution in [0.5, 0.6) is 5.75 Å². The van der Waals surface area contributed by atoms with E-state index in [4.69, 9.17) is 9.47 Å². The second kappa shape index (κ2) is 10.5. The van der Waals surface area contributed by atoms with E-state index in [2.05, 4.69) is 10.1 Å². The fourth-order valence-electron chi connectivity index (χ4n) is 1.83. The van der Waals surface area contributed by atoms with E-state index in [1.54, 1.807) is 24.3 Å². The van der Waals surface area contributed by atoms with E-state index in [-0.39, 0.29) is 25.4 Å². The van der Waals surface area contributed by atoms with E-state index in [9.17, 15) is 14.0 Å². The summed E-state index contributed by atoms with van der Waals surface area (Å²) in [6.07, 6.45) is -1.46. The van der Waals surface area contributed by atoms with Gasteiger partial charge in [-0.15, -0.1) is 0 Å². The number of rotatable bonds is 9. The summed E-state index contributed by atoms with van der Waals surface area (Å²) in [6.45, 7) is 3.25. The fraction of sp³-hybridized carbons (Fsp3) is 0.529. The number of alkyl halides is 1. The zero-order valence-electron chi connectivity index (χ0n) is 14.2. The molecule has 0 aliphatic carbocycles. The van der Waals surface area contributed by atoms with Crippen LogP contribution < -0.4 is 10.1 Å². The molecule has 1 N–H and O–H groups in total. The summed E-state index contributed by atoms with van der Waals surface area (Å²) in [4.78, 5) is 22.9. The van der Waals surface area contributed by atoms with Crippen LogP contribution in [0.15, 0.2) is 24.3 Å². The van der Waals surface area contributed by atoms with Crippen molar-refractivity contribution >= 4 is 12.1 Å². The molecule has 0 bridgehead atoms. The molecule has 2 atom stereocenters. The Morgan fingerprint density at radius 3 is 2.71 bits per heavy atom. The van der Waals surface area contributed by atoms with Crippen molar-refractivity contribution in [3.8, 4) is 5.75 Å². The molecule has 0 fully saturated rings. The SMILES string of the molecule is CCC(NC(=O)OCCC(C)F)Oc1cccc(CC(=O)OC)c1. The van der Waals surface area contributed by atoms with E-state index >= 15 is 0 Å². The normalized spacial score (nSPS) is 12.8. The van der Waals surface area contributed by atoms with Gasteiger partial charge in [-0.1, -0.05) is 19.1 Å². The molecular formula is C17H24FNO5. The topological polar surface area (TPSA) is 73.9 Å². The lowest BCUT2D eigenvalue weighted by Crippen LogP contribution is -2.39. The highest BCUT2D eigenvalue weighted by molar-refractivity contribution is 5.72. The summed E-state index contributed by atoms with van der Waals surface area (Å²) >= 11 is 0. The van der Waals surface area contributed by atoms with Crippen molar-refractivity contribution in [2.75, 3.05) is 13.7 Å². The number of ether oxygens (including phenoxy) is 3. The first-order chi connectivity index (χ1) is 11.4. The summed E-state index contributed by atoms with van der Waals surface area (Å²) in [5.74, 6) is 0.170. The van der Waals surface area contributed by atoms with E-state index < -0.39 is 18.5 Å². The molecule has 1 aromatic carbocycles. The van der Waals surface area contributed by atoms with Gasteiger partial charge in [0.15, 0.2) is 6.23 Å². The third-order valence-electron chi connectivity index (χ3n) is 3.15. The van der Waals surface area contributed by atoms with E-state index in [1.165, 1.54) is 14.0 Å². The van der Waals surface area contributed by atoms with Crippen LogP contribution in [0.2, 0.25) is 0 Å². The van der Waals surface area contributed by atoms with Crippen molar-refractivity contribution < 1.29 is 28.2 Å². The van der Waals surface area contributed by atoms with Crippen LogP contribution in [0.3, 0.4) is 0 Å². The second-order valence-electron chi connectivity index (χ2n) is 5.26. The number of halogens is 1. The molecule has 0 saturated carbocycles. The Balaban J connectivity index is 2.53. The maximum absolute atomic E-state index is 12.7. The highest BCUT2D eigenvalue weighted by Crippen LogP contribution is 2.16. The third kappa shape index (κ3) is 7.80. The van der Waals surface area contributed by atoms with Crippen molar-refractivity contribution in [1.29, 1.82) is 0 Å². The van der Waals surface area contributed by atoms with Gasteiger partial charge in [0.1, 0.15) is 11.9 Å². The highest BCUT2D eigenvalue weighted by Gasteiger charge is 2.14. The molecule has 0 spiro atoms. The van der Waals surface area contributed by atoms with E-state index in [0.717, 1.165) is 5.56 Å². The zero-order chi connectivity index (χ0) is 17.9. The minimum Gasteiger partial charge on any atom is -0.471 e. The Morgan fingerprint density at radius 1 is 1.33 bits per heavy atom. The minimum absolute atomic E-state index is 0.00848. The number of benzene rings is 1. The molecule has 1 amide bonds. The summed E-state index contributed by atoms with van der Waals surface area (Å²) in [6, 6.07) is 6.96. The largest absolute Gasteiger partial charge is 0.471 e. The van der Waals surface area contributed by atoms with Crippen LogP contribution >= 0.6 is 0 Å². The van der Waals surface area contributed by atoms with Crippen molar-refractivity contribution in [3.63, 3.8) is 0 Å². The maximum atomic E-state index is 12.7. The molecule has 134 valence electrons. The Kier molecular flexibility index (Phi) is 8.60. The smallest absolute Gasteiger partial charge is 0.409 e. The average molecular weight is 341 g/mol. The van der Waals surface area contributed by atoms with Gasteiger partial charge in [-0.05, 0) is 24.6 Å². The van der Waals surface area contributed by atoms with E-state index in [0.29, 0.717) is 12.2 Å². The molecule has 2 unspecified atom stereocenters. The summed E-state index contributed by atoms with van der Waals surface area (Å²) in [5, 5.41) is 2.56. The molecule has 0 radical (unpaired) electrons. The molecule has 0 aliphatic heterocycles. The Morgan fingerprint density at radius 2 is 2.08 bits per heavy atom. The number of hydrogen-bond acceptors (Lipinski definition) is 5. The quantitative estimate of drug-likeness (QED) is 0.552. The van der Waals surface area contributed by atoms with Gasteiger partial charge in [-0.25, -0.2) is 9.18 Å². The van der Waals surface area contributed by atoms with Crippen LogP contribution in [0, 0.1) is 0 Å². The van der Waals surface area contributed by atoms with E-state index in [1.807, 2.05) is 6.92 Å². The Bertz CT molecular complexity index is 535. The zero-order valence-corrected chi connectivity index (χ0v) is 14.2. The first-order valence-electron chi connectivity index (χ1n) is 7.84. The average Bonchev–Trinajstić information content (AvgIpc) is 2.54. The first kappa shape index (κ1) is 19.7. The molecule has 0 aromatic heterocycles. The molecule has 0 heterocycles. The number of esters is 1. The molecule has 24 heavy (non-hydrogen) atoms. The van der Waals surface area contributed by atoms with Gasteiger partial charge in [0.2, 0.25) is 0 Å². The molecule has 0 saturated heterocycles. The monoisotopic (exact) mass is 341 g/mol. The molecule has 1 aromatic rings. The third-order valence-corrected chi connectivity index (χ3v) is 3.15. The van der Waals surface area contributed by atoms with Gasteiger partial charge >= 0.3 is 12.1 Å². The number of amides is 1. The summed E-state index contributed by atoms with van der Waals surface area (Å²) < 4.78 is 27.8. The molecule has 0 aliphatic rings. The summed E-state index contributed by atoms with van der Waals surface area (Å²) in [5.41, 5.74) is 0.744. The molecule has 7 heteroatoms. The Hall–Kier alpha value is -2.31. The fourth-order valence-corrected chi connectivity index (χ4v) is 1.83. The van der Waals surface area contributed by atoms with Crippen LogP contribution in [-0.2, 0) is 20.7 Å². The van der Waals surface area contributed by atoms with Crippen molar-refractivity contribution in [2.45, 2.75) is 45.5 Å². The molecular weight excluding hydrogens is 317 g/mol. The predicted octanol–water partition coefficient (Wildman–Crippen LogP) is 2.99. The number of hydrogen-bond donors (Lipinski definition) is 1. The summed E-state index contributed by atoms with van der Waals surface area (Å²) in [7, 11) is 1.33. The lowest BCUT2D eigenvalue weighted by atomic mass is 10.1. The van der Waals surface area contributed by atoms with Gasteiger partial charge in [0.05, 0.1) is 20.1 Å². The molecule has 1 rings (SSSR count). The maximum Gasteiger partial charge on any atom is 0.409 e. The lowest BCUT2D eigenvalue weighted by Gasteiger charge is -2.19. The predicted molar refractivity (Wildman–Crippen MR) is 86.5 cm³/mol. The van der Waals surface area contributed by atoms with Gasteiger partial charge in [-0.3, -0.25) is 10.1 Å². The van der Waals surface area contributed by atoms with Crippen molar-refractivity contribution in [2.24, 2.45) is 0 Å². The number of nitrogens with one attached hydrogen (secondary N) is 1. The highest BCUT2D eigenvalue weighted by atomic mass is 19.1. The van der Waals surface area contributed by atoms with Crippen LogP contribution in [-0.4, -0.2) is 38.2 Å². The van der Waals surface area contributed by atoms with Gasteiger partial charge in [0.25, 0.3) is 0 Å². The standard InChI is InChI=1S/C17H24FNO5/c1-4-15(19-17(21)23-9-8-12(2)18)24-14-7-5-6-13(10-14)11-16(20)22-3/h5-7,10,12,15H,4,8-9,11H2,1-3H3,(H,19,21). The second-order valence-corrected chi connectivity index (χ2v) is 5.26. The Labute approximate surface area is 141 Å². The van der Waals surface area contributed by atoms with Crippen molar-refractivity contribution in [1.82, 2.24) is 5.32 Å². The number of alkyl carbamates (subject to hydrolysis) is 1. The lowest BCUT2D eigenvalue weighted by molar-refractivity contribution is -0.139. The number of methoxy groups -OCH3 is 1. The number of carbonyl (C=O) groups is 2. The van der Waals surface area contributed by atoms with Gasteiger partial charge in [-0.2, -0.15) is 0 Å². The van der Waals surface area contributed by atoms with Crippen molar-refractivity contribution in [3.05, 3.63) is 29.8 Å². The van der Waals surface area contributed by atoms with Gasteiger partial charge in [0, 0.05) is 12.8 Å². The van der Waals surface area contributed by atoms with Crippen LogP contribution in [0.1, 0.15) is 32.3 Å². The first-order valence-corrected chi connectivity index (χ1v) is 7.84. The number of carbonyl (C=O) groups excluding carboxylic acids is 2. The van der Waals surface area contributed by atoms with Crippen LogP contribution in [0.4, 0.5) is 9.18 Å².